The molecule has 1 aliphatic carbocycles. The lowest BCUT2D eigenvalue weighted by Gasteiger charge is -2.42. The van der Waals surface area contributed by atoms with Crippen molar-refractivity contribution in [1.29, 1.82) is 0 Å². The molecule has 1 aromatic rings. The minimum Gasteiger partial charge on any atom is -0.469 e. The molecule has 7 nitrogen and oxygen atoms in total. The largest absolute Gasteiger partial charge is 0.469 e. The van der Waals surface area contributed by atoms with Crippen molar-refractivity contribution in [2.24, 2.45) is 17.8 Å². The van der Waals surface area contributed by atoms with Crippen LogP contribution in [0.25, 0.3) is 6.08 Å². The molecule has 3 aliphatic heterocycles. The molecule has 172 valence electrons. The van der Waals surface area contributed by atoms with Gasteiger partial charge in [-0.2, -0.15) is 0 Å². The van der Waals surface area contributed by atoms with Crippen LogP contribution in [0.15, 0.2) is 36.4 Å². The molecule has 1 saturated carbocycles. The Hall–Kier alpha value is -2.22. The molecule has 5 rings (SSSR count). The van der Waals surface area contributed by atoms with Crippen LogP contribution in [0.3, 0.4) is 0 Å². The SMILES string of the molecule is COC(=O)C1CCC2C(C1)OC1(CC(OC(=O)C=Cc3ccccc3)C(C)CO1)C21CO1. The number of fused-ring (bicyclic) bond motifs is 3. The standard InChI is InChI=1S/C25H30O7/c1-16-14-29-25(13-21(16)31-22(26)11-8-17-6-4-3-5-7-17)24(15-30-24)19-10-9-18(23(27)28-2)12-20(19)32-25/h3-8,11,16,18-21H,9-10,12-15H2,1-2H3. The van der Waals surface area contributed by atoms with Crippen LogP contribution in [0.1, 0.15) is 38.2 Å². The summed E-state index contributed by atoms with van der Waals surface area (Å²) in [5, 5.41) is 0. The fourth-order valence-corrected chi connectivity index (χ4v) is 5.66. The molecular weight excluding hydrogens is 412 g/mol. The maximum absolute atomic E-state index is 12.5. The average Bonchev–Trinajstić information content (AvgIpc) is 3.58. The van der Waals surface area contributed by atoms with E-state index in [0.29, 0.717) is 26.1 Å². The zero-order valence-electron chi connectivity index (χ0n) is 18.5. The third-order valence-corrected chi connectivity index (χ3v) is 7.53. The summed E-state index contributed by atoms with van der Waals surface area (Å²) in [5.41, 5.74) is 0.429. The Bertz CT molecular complexity index is 893. The van der Waals surface area contributed by atoms with Crippen molar-refractivity contribution in [1.82, 2.24) is 0 Å². The summed E-state index contributed by atoms with van der Waals surface area (Å²) < 4.78 is 29.6. The molecule has 32 heavy (non-hydrogen) atoms. The van der Waals surface area contributed by atoms with Crippen LogP contribution in [0, 0.1) is 17.8 Å². The number of benzene rings is 1. The quantitative estimate of drug-likeness (QED) is 0.402. The van der Waals surface area contributed by atoms with Crippen LogP contribution in [-0.4, -0.2) is 55.9 Å². The molecule has 7 unspecified atom stereocenters. The van der Waals surface area contributed by atoms with E-state index >= 15 is 0 Å². The van der Waals surface area contributed by atoms with Gasteiger partial charge >= 0.3 is 11.9 Å². The van der Waals surface area contributed by atoms with Crippen LogP contribution in [0.4, 0.5) is 0 Å². The topological polar surface area (TPSA) is 83.6 Å². The molecular formula is C25H30O7. The number of carbonyl (C=O) groups excluding carboxylic acids is 2. The first-order valence-electron chi connectivity index (χ1n) is 11.4. The highest BCUT2D eigenvalue weighted by Crippen LogP contribution is 2.62. The molecule has 0 aromatic heterocycles. The zero-order chi connectivity index (χ0) is 22.3. The van der Waals surface area contributed by atoms with Crippen LogP contribution in [-0.2, 0) is 33.3 Å². The second-order valence-electron chi connectivity index (χ2n) is 9.44. The highest BCUT2D eigenvalue weighted by molar-refractivity contribution is 5.87. The molecule has 7 atom stereocenters. The Balaban J connectivity index is 1.29. The fraction of sp³-hybridized carbons (Fsp3) is 0.600. The van der Waals surface area contributed by atoms with Crippen LogP contribution < -0.4 is 0 Å². The second kappa shape index (κ2) is 8.28. The van der Waals surface area contributed by atoms with E-state index < -0.39 is 11.4 Å². The van der Waals surface area contributed by atoms with Gasteiger partial charge in [-0.05, 0) is 30.9 Å². The number of ether oxygens (including phenoxy) is 5. The highest BCUT2D eigenvalue weighted by atomic mass is 16.8. The average molecular weight is 443 g/mol. The number of methoxy groups -OCH3 is 1. The maximum Gasteiger partial charge on any atom is 0.331 e. The van der Waals surface area contributed by atoms with Crippen LogP contribution in [0.2, 0.25) is 0 Å². The van der Waals surface area contributed by atoms with Crippen molar-refractivity contribution in [3.63, 3.8) is 0 Å². The zero-order valence-corrected chi connectivity index (χ0v) is 18.5. The van der Waals surface area contributed by atoms with E-state index in [1.165, 1.54) is 13.2 Å². The number of hydrogen-bond acceptors (Lipinski definition) is 7. The van der Waals surface area contributed by atoms with Crippen molar-refractivity contribution in [2.75, 3.05) is 20.3 Å². The third-order valence-electron chi connectivity index (χ3n) is 7.53. The van der Waals surface area contributed by atoms with Gasteiger partial charge in [0.2, 0.25) is 5.79 Å². The van der Waals surface area contributed by atoms with Gasteiger partial charge in [0.05, 0.1) is 32.3 Å². The fourth-order valence-electron chi connectivity index (χ4n) is 5.66. The first kappa shape index (κ1) is 21.6. The molecule has 2 spiro atoms. The summed E-state index contributed by atoms with van der Waals surface area (Å²) in [6.45, 7) is 3.01. The molecule has 3 heterocycles. The molecule has 7 heteroatoms. The van der Waals surface area contributed by atoms with E-state index in [4.69, 9.17) is 23.7 Å². The van der Waals surface area contributed by atoms with E-state index in [1.54, 1.807) is 6.08 Å². The lowest BCUT2D eigenvalue weighted by atomic mass is 9.72. The van der Waals surface area contributed by atoms with Gasteiger partial charge in [0.15, 0.2) is 5.60 Å². The number of hydrogen-bond donors (Lipinski definition) is 0. The van der Waals surface area contributed by atoms with Gasteiger partial charge < -0.3 is 23.7 Å². The predicted octanol–water partition coefficient (Wildman–Crippen LogP) is 3.12. The smallest absolute Gasteiger partial charge is 0.331 e. The predicted molar refractivity (Wildman–Crippen MR) is 114 cm³/mol. The summed E-state index contributed by atoms with van der Waals surface area (Å²) in [6, 6.07) is 9.64. The molecule has 0 amide bonds. The normalized spacial score (nSPS) is 40.4. The monoisotopic (exact) mass is 442 g/mol. The molecule has 0 N–H and O–H groups in total. The first-order valence-corrected chi connectivity index (χ1v) is 11.4. The van der Waals surface area contributed by atoms with Gasteiger partial charge in [0, 0.05) is 24.3 Å². The first-order chi connectivity index (χ1) is 15.5. The van der Waals surface area contributed by atoms with Gasteiger partial charge in [-0.15, -0.1) is 0 Å². The lowest BCUT2D eigenvalue weighted by molar-refractivity contribution is -0.293. The molecule has 4 fully saturated rings. The van der Waals surface area contributed by atoms with Crippen molar-refractivity contribution in [2.45, 2.75) is 56.2 Å². The molecule has 1 aromatic carbocycles. The molecule has 4 aliphatic rings. The van der Waals surface area contributed by atoms with Gasteiger partial charge in [-0.25, -0.2) is 4.79 Å². The Labute approximate surface area is 188 Å². The number of epoxide rings is 1. The van der Waals surface area contributed by atoms with Crippen molar-refractivity contribution >= 4 is 18.0 Å². The molecule has 3 saturated heterocycles. The summed E-state index contributed by atoms with van der Waals surface area (Å²) in [4.78, 5) is 24.6. The maximum atomic E-state index is 12.5. The van der Waals surface area contributed by atoms with Gasteiger partial charge in [-0.3, -0.25) is 4.79 Å². The van der Waals surface area contributed by atoms with Crippen LogP contribution in [0.5, 0.6) is 0 Å². The lowest BCUT2D eigenvalue weighted by Crippen LogP contribution is -2.55. The summed E-state index contributed by atoms with van der Waals surface area (Å²) in [6.07, 6.45) is 5.37. The number of carbonyl (C=O) groups is 2. The Kier molecular flexibility index (Phi) is 5.60. The van der Waals surface area contributed by atoms with E-state index in [2.05, 4.69) is 0 Å². The van der Waals surface area contributed by atoms with Gasteiger partial charge in [-0.1, -0.05) is 37.3 Å². The van der Waals surface area contributed by atoms with Crippen molar-refractivity contribution < 1.29 is 33.3 Å². The Morgan fingerprint density at radius 2 is 1.94 bits per heavy atom. The third kappa shape index (κ3) is 3.66. The number of esters is 2. The van der Waals surface area contributed by atoms with Gasteiger partial charge in [0.25, 0.3) is 0 Å². The molecule has 0 radical (unpaired) electrons. The highest BCUT2D eigenvalue weighted by Gasteiger charge is 2.76. The minimum absolute atomic E-state index is 0.0412. The number of rotatable bonds is 4. The van der Waals surface area contributed by atoms with E-state index in [-0.39, 0.29) is 41.9 Å². The van der Waals surface area contributed by atoms with E-state index in [1.807, 2.05) is 37.3 Å². The Morgan fingerprint density at radius 3 is 2.66 bits per heavy atom. The van der Waals surface area contributed by atoms with Crippen molar-refractivity contribution in [3.8, 4) is 0 Å². The van der Waals surface area contributed by atoms with E-state index in [9.17, 15) is 9.59 Å². The minimum atomic E-state index is -0.937. The summed E-state index contributed by atoms with van der Waals surface area (Å²) in [5.74, 6) is -1.45. The van der Waals surface area contributed by atoms with Crippen molar-refractivity contribution in [3.05, 3.63) is 42.0 Å². The Morgan fingerprint density at radius 1 is 1.16 bits per heavy atom. The van der Waals surface area contributed by atoms with E-state index in [0.717, 1.165) is 18.4 Å². The summed E-state index contributed by atoms with van der Waals surface area (Å²) >= 11 is 0. The van der Waals surface area contributed by atoms with Gasteiger partial charge in [0.1, 0.15) is 6.10 Å². The van der Waals surface area contributed by atoms with Crippen LogP contribution >= 0.6 is 0 Å². The summed E-state index contributed by atoms with van der Waals surface area (Å²) in [7, 11) is 1.42. The molecule has 0 bridgehead atoms. The second-order valence-corrected chi connectivity index (χ2v) is 9.44.